The molecule has 0 amide bonds. The molecule has 9 heteroatoms. The molecule has 0 spiro atoms. The van der Waals surface area contributed by atoms with Crippen LogP contribution in [0, 0.1) is 0 Å². The minimum absolute atomic E-state index is 0.304. The van der Waals surface area contributed by atoms with E-state index < -0.39 is 6.04 Å². The Hall–Kier alpha value is -1.55. The standard InChI is InChI=1S/C22H40N5O3S/c1-4-5-6-9-15-29-21-20(25-31-26-21)18-11-10-14-27(3,16-18)17(2)30-22(28)19(24)12-7-8-13-23/h11,17,19H,4-10,12-16,23-24H2,1-3H3/q+1/t17?,19-,27?/m0/s1. The third-order valence-corrected chi connectivity index (χ3v) is 6.51. The SMILES string of the molecule is CCCCCCOc1nsnc1C1=CCC[N+](C)(C(C)OC(=O)[C@@H](N)CCCCN)C1. The van der Waals surface area contributed by atoms with Gasteiger partial charge in [-0.1, -0.05) is 38.7 Å². The predicted molar refractivity (Wildman–Crippen MR) is 124 cm³/mol. The Kier molecular flexibility index (Phi) is 10.9. The lowest BCUT2D eigenvalue weighted by molar-refractivity contribution is -0.944. The quantitative estimate of drug-likeness (QED) is 0.252. The highest BCUT2D eigenvalue weighted by atomic mass is 32.1. The summed E-state index contributed by atoms with van der Waals surface area (Å²) >= 11 is 1.18. The minimum atomic E-state index is -0.601. The number of hydrogen-bond acceptors (Lipinski definition) is 8. The highest BCUT2D eigenvalue weighted by molar-refractivity contribution is 6.99. The van der Waals surface area contributed by atoms with Gasteiger partial charge in [-0.2, -0.15) is 4.37 Å². The highest BCUT2D eigenvalue weighted by Gasteiger charge is 2.37. The zero-order chi connectivity index (χ0) is 22.7. The molecule has 3 atom stereocenters. The highest BCUT2D eigenvalue weighted by Crippen LogP contribution is 2.31. The molecular formula is C22H40N5O3S+. The first-order chi connectivity index (χ1) is 14.9. The van der Waals surface area contributed by atoms with Crippen LogP contribution in [0.5, 0.6) is 5.88 Å². The lowest BCUT2D eigenvalue weighted by atomic mass is 10.0. The second-order valence-electron chi connectivity index (χ2n) is 8.63. The van der Waals surface area contributed by atoms with E-state index in [9.17, 15) is 4.79 Å². The molecule has 176 valence electrons. The summed E-state index contributed by atoms with van der Waals surface area (Å²) in [6.45, 7) is 6.99. The number of nitrogens with zero attached hydrogens (tertiary/aromatic N) is 3. The van der Waals surface area contributed by atoms with Gasteiger partial charge in [0.1, 0.15) is 18.3 Å². The van der Waals surface area contributed by atoms with Gasteiger partial charge in [-0.25, -0.2) is 0 Å². The van der Waals surface area contributed by atoms with Gasteiger partial charge in [0.25, 0.3) is 5.88 Å². The summed E-state index contributed by atoms with van der Waals surface area (Å²) in [5, 5.41) is 0. The Labute approximate surface area is 190 Å². The number of esters is 1. The average molecular weight is 455 g/mol. The van der Waals surface area contributed by atoms with E-state index in [2.05, 4.69) is 28.8 Å². The molecule has 0 radical (unpaired) electrons. The number of carbonyl (C=O) groups is 1. The van der Waals surface area contributed by atoms with Crippen molar-refractivity contribution in [1.29, 1.82) is 0 Å². The largest absolute Gasteiger partial charge is 0.475 e. The maximum atomic E-state index is 12.4. The second kappa shape index (κ2) is 13.1. The monoisotopic (exact) mass is 454 g/mol. The van der Waals surface area contributed by atoms with Gasteiger partial charge in [0, 0.05) is 18.9 Å². The number of nitrogens with two attached hydrogens (primary N) is 2. The van der Waals surface area contributed by atoms with E-state index in [1.807, 2.05) is 6.92 Å². The summed E-state index contributed by atoms with van der Waals surface area (Å²) in [5.74, 6) is 0.277. The zero-order valence-corrected chi connectivity index (χ0v) is 20.2. The van der Waals surface area contributed by atoms with E-state index in [0.717, 1.165) is 49.9 Å². The van der Waals surface area contributed by atoms with Crippen LogP contribution >= 0.6 is 11.7 Å². The molecule has 1 aliphatic rings. The molecule has 2 rings (SSSR count). The van der Waals surface area contributed by atoms with Gasteiger partial charge < -0.3 is 20.9 Å². The molecule has 1 aliphatic heterocycles. The maximum absolute atomic E-state index is 12.4. The Morgan fingerprint density at radius 2 is 2.06 bits per heavy atom. The third kappa shape index (κ3) is 7.82. The Bertz CT molecular complexity index is 711. The van der Waals surface area contributed by atoms with E-state index in [0.29, 0.717) is 36.5 Å². The van der Waals surface area contributed by atoms with Crippen LogP contribution < -0.4 is 16.2 Å². The lowest BCUT2D eigenvalue weighted by Crippen LogP contribution is -2.56. The Balaban J connectivity index is 1.94. The molecule has 1 aromatic rings. The first-order valence-electron chi connectivity index (χ1n) is 11.6. The molecule has 0 saturated carbocycles. The van der Waals surface area contributed by atoms with Crippen molar-refractivity contribution in [3.05, 3.63) is 11.8 Å². The molecule has 2 heterocycles. The molecule has 1 aromatic heterocycles. The normalized spacial score (nSPS) is 20.7. The minimum Gasteiger partial charge on any atom is -0.475 e. The number of rotatable bonds is 14. The third-order valence-electron chi connectivity index (χ3n) is 6.00. The van der Waals surface area contributed by atoms with Crippen LogP contribution in [0.3, 0.4) is 0 Å². The van der Waals surface area contributed by atoms with Gasteiger partial charge in [0.15, 0.2) is 0 Å². The fraction of sp³-hybridized carbons (Fsp3) is 0.773. The zero-order valence-electron chi connectivity index (χ0n) is 19.3. The van der Waals surface area contributed by atoms with Crippen molar-refractivity contribution in [2.45, 2.75) is 77.5 Å². The summed E-state index contributed by atoms with van der Waals surface area (Å²) in [7, 11) is 2.11. The second-order valence-corrected chi connectivity index (χ2v) is 9.16. The fourth-order valence-corrected chi connectivity index (χ4v) is 4.26. The molecule has 0 aliphatic carbocycles. The van der Waals surface area contributed by atoms with Crippen molar-refractivity contribution in [2.75, 3.05) is 33.3 Å². The van der Waals surface area contributed by atoms with Crippen LogP contribution in [0.1, 0.15) is 70.9 Å². The van der Waals surface area contributed by atoms with Gasteiger partial charge in [0.2, 0.25) is 6.23 Å². The first-order valence-corrected chi connectivity index (χ1v) is 12.3. The number of hydrogen-bond donors (Lipinski definition) is 2. The smallest absolute Gasteiger partial charge is 0.327 e. The van der Waals surface area contributed by atoms with E-state index in [1.165, 1.54) is 24.6 Å². The summed E-state index contributed by atoms with van der Waals surface area (Å²) in [6.07, 6.45) is 9.68. The Morgan fingerprint density at radius 3 is 2.81 bits per heavy atom. The summed E-state index contributed by atoms with van der Waals surface area (Å²) in [5.41, 5.74) is 13.4. The Morgan fingerprint density at radius 1 is 1.26 bits per heavy atom. The number of likely N-dealkylation sites (N-methyl/N-ethyl adjacent to an activating group) is 1. The summed E-state index contributed by atoms with van der Waals surface area (Å²) in [6, 6.07) is -0.601. The van der Waals surface area contributed by atoms with Crippen LogP contribution in [0.4, 0.5) is 0 Å². The maximum Gasteiger partial charge on any atom is 0.327 e. The van der Waals surface area contributed by atoms with Crippen molar-refractivity contribution in [3.8, 4) is 5.88 Å². The molecule has 0 fully saturated rings. The summed E-state index contributed by atoms with van der Waals surface area (Å²) < 4.78 is 21.1. The van der Waals surface area contributed by atoms with Crippen molar-refractivity contribution in [3.63, 3.8) is 0 Å². The van der Waals surface area contributed by atoms with Gasteiger partial charge >= 0.3 is 5.97 Å². The van der Waals surface area contributed by atoms with Gasteiger partial charge in [-0.3, -0.25) is 9.28 Å². The van der Waals surface area contributed by atoms with Gasteiger partial charge in [0.05, 0.1) is 31.9 Å². The molecule has 2 unspecified atom stereocenters. The van der Waals surface area contributed by atoms with Crippen molar-refractivity contribution in [1.82, 2.24) is 8.75 Å². The first kappa shape index (κ1) is 25.7. The van der Waals surface area contributed by atoms with Gasteiger partial charge in [-0.05, 0) is 25.8 Å². The van der Waals surface area contributed by atoms with E-state index in [-0.39, 0.29) is 12.2 Å². The van der Waals surface area contributed by atoms with Crippen LogP contribution in [0.2, 0.25) is 0 Å². The molecule has 0 aromatic carbocycles. The topological polar surface area (TPSA) is 113 Å². The number of ether oxygens (including phenoxy) is 2. The van der Waals surface area contributed by atoms with E-state index in [4.69, 9.17) is 20.9 Å². The van der Waals surface area contributed by atoms with Crippen LogP contribution in [-0.2, 0) is 9.53 Å². The molecule has 31 heavy (non-hydrogen) atoms. The molecule has 0 saturated heterocycles. The lowest BCUT2D eigenvalue weighted by Gasteiger charge is -2.41. The van der Waals surface area contributed by atoms with Gasteiger partial charge in [-0.15, -0.1) is 4.37 Å². The molecule has 0 bridgehead atoms. The predicted octanol–water partition coefficient (Wildman–Crippen LogP) is 3.08. The van der Waals surface area contributed by atoms with Crippen LogP contribution in [0.15, 0.2) is 6.08 Å². The summed E-state index contributed by atoms with van der Waals surface area (Å²) in [4.78, 5) is 12.4. The van der Waals surface area contributed by atoms with Crippen LogP contribution in [0.25, 0.3) is 5.57 Å². The number of carbonyl (C=O) groups excluding carboxylic acids is 1. The number of aromatic nitrogens is 2. The molecular weight excluding hydrogens is 414 g/mol. The number of unbranched alkanes of at least 4 members (excludes halogenated alkanes) is 4. The van der Waals surface area contributed by atoms with Crippen LogP contribution in [-0.4, -0.2) is 64.8 Å². The molecule has 4 N–H and O–H groups in total. The van der Waals surface area contributed by atoms with E-state index >= 15 is 0 Å². The molecule has 8 nitrogen and oxygen atoms in total. The van der Waals surface area contributed by atoms with Crippen molar-refractivity contribution >= 4 is 23.3 Å². The van der Waals surface area contributed by atoms with Crippen molar-refractivity contribution in [2.24, 2.45) is 11.5 Å². The van der Waals surface area contributed by atoms with E-state index in [1.54, 1.807) is 0 Å². The van der Waals surface area contributed by atoms with Crippen molar-refractivity contribution < 1.29 is 18.8 Å². The number of quaternary nitrogens is 1. The average Bonchev–Trinajstić information content (AvgIpc) is 3.22. The fourth-order valence-electron chi connectivity index (χ4n) is 3.73.